The molecule has 0 amide bonds. The Labute approximate surface area is 173 Å². The number of aromatic amines is 1. The molecule has 1 aliphatic rings. The standard InChI is InChI=1S/C18H30FN2O8P/c1-5-11(3)28-30(25,29-12(4)6-2)26-10-14-13(9-19)16(23)17(27-14)21-8-7-15(22)20-18(21)24/h7-8,11-14,16-17,23H,5-6,9-10H2,1-4H3,(H,20,22,24). The van der Waals surface area contributed by atoms with Gasteiger partial charge in [0.2, 0.25) is 0 Å². The van der Waals surface area contributed by atoms with E-state index >= 15 is 0 Å². The van der Waals surface area contributed by atoms with Crippen LogP contribution in [0.5, 0.6) is 0 Å². The molecule has 1 aliphatic heterocycles. The Morgan fingerprint density at radius 1 is 1.27 bits per heavy atom. The monoisotopic (exact) mass is 452 g/mol. The van der Waals surface area contributed by atoms with Crippen LogP contribution in [0.25, 0.3) is 0 Å². The molecule has 1 fully saturated rings. The molecular formula is C18H30FN2O8P. The quantitative estimate of drug-likeness (QED) is 0.489. The molecule has 6 unspecified atom stereocenters. The van der Waals surface area contributed by atoms with Crippen molar-refractivity contribution >= 4 is 7.82 Å². The molecule has 0 spiro atoms. The van der Waals surface area contributed by atoms with E-state index in [1.165, 1.54) is 0 Å². The average Bonchev–Trinajstić information content (AvgIpc) is 3.01. The summed E-state index contributed by atoms with van der Waals surface area (Å²) in [6.07, 6.45) is -2.18. The lowest BCUT2D eigenvalue weighted by Crippen LogP contribution is -2.36. The van der Waals surface area contributed by atoms with E-state index in [4.69, 9.17) is 18.3 Å². The van der Waals surface area contributed by atoms with Crippen molar-refractivity contribution in [3.05, 3.63) is 33.1 Å². The van der Waals surface area contributed by atoms with Gasteiger partial charge in [0.15, 0.2) is 6.23 Å². The molecule has 1 saturated heterocycles. The highest BCUT2D eigenvalue weighted by atomic mass is 31.2. The maximum atomic E-state index is 13.6. The Bertz CT molecular complexity index is 830. The molecule has 6 atom stereocenters. The Hall–Kier alpha value is -1.36. The van der Waals surface area contributed by atoms with Crippen LogP contribution in [0.2, 0.25) is 0 Å². The van der Waals surface area contributed by atoms with E-state index in [-0.39, 0.29) is 6.61 Å². The summed E-state index contributed by atoms with van der Waals surface area (Å²) in [5.74, 6) is -1.05. The number of ether oxygens (including phenoxy) is 1. The first kappa shape index (κ1) is 24.9. The van der Waals surface area contributed by atoms with Gasteiger partial charge >= 0.3 is 13.5 Å². The molecule has 1 aromatic rings. The number of aromatic nitrogens is 2. The fourth-order valence-corrected chi connectivity index (χ4v) is 4.52. The van der Waals surface area contributed by atoms with E-state index in [9.17, 15) is 23.7 Å². The Kier molecular flexibility index (Phi) is 8.96. The van der Waals surface area contributed by atoms with Gasteiger partial charge in [0.05, 0.1) is 31.6 Å². The largest absolute Gasteiger partial charge is 0.475 e. The summed E-state index contributed by atoms with van der Waals surface area (Å²) in [7, 11) is -3.98. The maximum absolute atomic E-state index is 13.6. The summed E-state index contributed by atoms with van der Waals surface area (Å²) in [6.45, 7) is 5.78. The van der Waals surface area contributed by atoms with Gasteiger partial charge in [-0.25, -0.2) is 9.36 Å². The van der Waals surface area contributed by atoms with Gasteiger partial charge in [-0.2, -0.15) is 0 Å². The predicted molar refractivity (Wildman–Crippen MR) is 106 cm³/mol. The summed E-state index contributed by atoms with van der Waals surface area (Å²) < 4.78 is 49.6. The molecule has 0 aromatic carbocycles. The van der Waals surface area contributed by atoms with Gasteiger partial charge in [-0.05, 0) is 26.7 Å². The zero-order chi connectivity index (χ0) is 22.5. The first-order valence-corrected chi connectivity index (χ1v) is 11.4. The molecular weight excluding hydrogens is 422 g/mol. The van der Waals surface area contributed by atoms with Crippen molar-refractivity contribution < 1.29 is 32.4 Å². The van der Waals surface area contributed by atoms with Crippen molar-refractivity contribution in [1.29, 1.82) is 0 Å². The number of hydrogen-bond donors (Lipinski definition) is 2. The molecule has 0 aliphatic carbocycles. The first-order chi connectivity index (χ1) is 14.1. The highest BCUT2D eigenvalue weighted by Crippen LogP contribution is 2.53. The van der Waals surface area contributed by atoms with E-state index in [0.29, 0.717) is 12.8 Å². The predicted octanol–water partition coefficient (Wildman–Crippen LogP) is 2.14. The maximum Gasteiger partial charge on any atom is 0.475 e. The fourth-order valence-electron chi connectivity index (χ4n) is 2.84. The third-order valence-corrected chi connectivity index (χ3v) is 6.69. The molecule has 0 saturated carbocycles. The number of nitrogens with zero attached hydrogens (tertiary/aromatic N) is 1. The summed E-state index contributed by atoms with van der Waals surface area (Å²) in [4.78, 5) is 25.3. The molecule has 0 bridgehead atoms. The number of halogens is 1. The molecule has 2 heterocycles. The highest BCUT2D eigenvalue weighted by molar-refractivity contribution is 7.48. The molecule has 1 aromatic heterocycles. The smallest absolute Gasteiger partial charge is 0.388 e. The molecule has 30 heavy (non-hydrogen) atoms. The van der Waals surface area contributed by atoms with Gasteiger partial charge in [0.1, 0.15) is 6.10 Å². The minimum absolute atomic E-state index is 0.385. The van der Waals surface area contributed by atoms with Crippen molar-refractivity contribution in [3.8, 4) is 0 Å². The van der Waals surface area contributed by atoms with Gasteiger partial charge in [0.25, 0.3) is 5.56 Å². The van der Waals surface area contributed by atoms with Crippen LogP contribution < -0.4 is 11.2 Å². The summed E-state index contributed by atoms with van der Waals surface area (Å²) in [5, 5.41) is 10.5. The lowest BCUT2D eigenvalue weighted by atomic mass is 10.00. The van der Waals surface area contributed by atoms with Crippen molar-refractivity contribution in [1.82, 2.24) is 9.55 Å². The van der Waals surface area contributed by atoms with Gasteiger partial charge in [-0.3, -0.25) is 32.3 Å². The summed E-state index contributed by atoms with van der Waals surface area (Å²) >= 11 is 0. The molecule has 172 valence electrons. The number of phosphoric acid groups is 1. The number of hydrogen-bond acceptors (Lipinski definition) is 8. The second kappa shape index (κ2) is 10.8. The van der Waals surface area contributed by atoms with Crippen LogP contribution in [0.4, 0.5) is 4.39 Å². The van der Waals surface area contributed by atoms with Crippen LogP contribution in [0.3, 0.4) is 0 Å². The van der Waals surface area contributed by atoms with Crippen LogP contribution in [-0.4, -0.2) is 52.4 Å². The van der Waals surface area contributed by atoms with Crippen LogP contribution in [0, 0.1) is 5.92 Å². The number of nitrogens with one attached hydrogen (secondary N) is 1. The number of aliphatic hydroxyl groups is 1. The van der Waals surface area contributed by atoms with Crippen molar-refractivity contribution in [3.63, 3.8) is 0 Å². The molecule has 10 nitrogen and oxygen atoms in total. The number of alkyl halides is 1. The zero-order valence-electron chi connectivity index (χ0n) is 17.5. The van der Waals surface area contributed by atoms with Crippen LogP contribution in [-0.2, 0) is 22.9 Å². The van der Waals surface area contributed by atoms with E-state index in [1.807, 2.05) is 18.8 Å². The van der Waals surface area contributed by atoms with E-state index in [2.05, 4.69) is 0 Å². The Morgan fingerprint density at radius 3 is 2.37 bits per heavy atom. The Morgan fingerprint density at radius 2 is 1.87 bits per heavy atom. The summed E-state index contributed by atoms with van der Waals surface area (Å²) in [5.41, 5.74) is -1.42. The normalized spacial score (nSPS) is 28.2. The van der Waals surface area contributed by atoms with Crippen LogP contribution in [0.15, 0.2) is 21.9 Å². The van der Waals surface area contributed by atoms with Gasteiger partial charge < -0.3 is 9.84 Å². The molecule has 2 rings (SSSR count). The van der Waals surface area contributed by atoms with Crippen molar-refractivity contribution in [2.75, 3.05) is 13.3 Å². The second-order valence-electron chi connectivity index (χ2n) is 7.28. The van der Waals surface area contributed by atoms with Gasteiger partial charge in [0, 0.05) is 18.2 Å². The lowest BCUT2D eigenvalue weighted by molar-refractivity contribution is -0.0569. The second-order valence-corrected chi connectivity index (χ2v) is 8.86. The van der Waals surface area contributed by atoms with Gasteiger partial charge in [-0.15, -0.1) is 0 Å². The third kappa shape index (κ3) is 6.09. The number of phosphoric ester groups is 1. The van der Waals surface area contributed by atoms with Crippen LogP contribution in [0.1, 0.15) is 46.8 Å². The van der Waals surface area contributed by atoms with E-state index in [1.54, 1.807) is 13.8 Å². The number of rotatable bonds is 11. The van der Waals surface area contributed by atoms with E-state index in [0.717, 1.165) is 16.8 Å². The zero-order valence-corrected chi connectivity index (χ0v) is 18.4. The van der Waals surface area contributed by atoms with Crippen LogP contribution >= 0.6 is 7.82 Å². The van der Waals surface area contributed by atoms with Crippen molar-refractivity contribution in [2.24, 2.45) is 5.92 Å². The summed E-state index contributed by atoms with van der Waals surface area (Å²) in [6, 6.07) is 1.08. The molecule has 0 radical (unpaired) electrons. The lowest BCUT2D eigenvalue weighted by Gasteiger charge is -2.25. The third-order valence-electron chi connectivity index (χ3n) is 4.99. The van der Waals surface area contributed by atoms with E-state index < -0.39 is 62.3 Å². The Balaban J connectivity index is 2.17. The van der Waals surface area contributed by atoms with Crippen molar-refractivity contribution in [2.45, 2.75) is 71.2 Å². The minimum Gasteiger partial charge on any atom is -0.388 e. The topological polar surface area (TPSA) is 129 Å². The fraction of sp³-hybridized carbons (Fsp3) is 0.778. The number of aliphatic hydroxyl groups excluding tert-OH is 1. The molecule has 12 heteroatoms. The molecule has 2 N–H and O–H groups in total. The average molecular weight is 452 g/mol. The minimum atomic E-state index is -3.98. The SMILES string of the molecule is CCC(C)OP(=O)(OCC1OC(n2ccc(=O)[nH]c2=O)C(O)C1CF)OC(C)CC. The highest BCUT2D eigenvalue weighted by Gasteiger charge is 2.46. The van der Waals surface area contributed by atoms with Gasteiger partial charge in [-0.1, -0.05) is 13.8 Å². The first-order valence-electron chi connectivity index (χ1n) is 9.96. The number of H-pyrrole nitrogens is 1.